The van der Waals surface area contributed by atoms with E-state index in [1.807, 2.05) is 0 Å². The van der Waals surface area contributed by atoms with Gasteiger partial charge < -0.3 is 14.9 Å². The van der Waals surface area contributed by atoms with Crippen molar-refractivity contribution >= 4 is 5.97 Å². The molecule has 0 bridgehead atoms. The number of ether oxygens (including phenoxy) is 1. The van der Waals surface area contributed by atoms with Crippen LogP contribution >= 0.6 is 0 Å². The second-order valence-electron chi connectivity index (χ2n) is 8.63. The van der Waals surface area contributed by atoms with Gasteiger partial charge in [0.05, 0.1) is 13.0 Å². The van der Waals surface area contributed by atoms with Gasteiger partial charge in [0.2, 0.25) is 0 Å². The Labute approximate surface area is 184 Å². The molecule has 0 amide bonds. The second-order valence-corrected chi connectivity index (χ2v) is 8.63. The number of aromatic hydroxyl groups is 2. The molecule has 1 atom stereocenters. The van der Waals surface area contributed by atoms with Crippen molar-refractivity contribution in [2.75, 3.05) is 6.61 Å². The molecule has 0 fully saturated rings. The molecule has 172 valence electrons. The zero-order valence-corrected chi connectivity index (χ0v) is 19.3. The highest BCUT2D eigenvalue weighted by molar-refractivity contribution is 5.72. The van der Waals surface area contributed by atoms with E-state index in [0.717, 1.165) is 12.8 Å². The first-order valence-electron chi connectivity index (χ1n) is 12.2. The molecular formula is C26H44O4. The van der Waals surface area contributed by atoms with Crippen molar-refractivity contribution < 1.29 is 19.7 Å². The fourth-order valence-electron chi connectivity index (χ4n) is 3.79. The molecule has 1 unspecified atom stereocenters. The first-order valence-corrected chi connectivity index (χ1v) is 12.2. The maximum Gasteiger partial charge on any atom is 0.310 e. The number of hydrogen-bond acceptors (Lipinski definition) is 4. The summed E-state index contributed by atoms with van der Waals surface area (Å²) in [5.41, 5.74) is 0.643. The van der Waals surface area contributed by atoms with Crippen LogP contribution in [0.4, 0.5) is 0 Å². The molecule has 4 heteroatoms. The topological polar surface area (TPSA) is 66.8 Å². The summed E-state index contributed by atoms with van der Waals surface area (Å²) in [6, 6.07) is 4.42. The van der Waals surface area contributed by atoms with E-state index in [0.29, 0.717) is 18.1 Å². The first kappa shape index (κ1) is 26.3. The highest BCUT2D eigenvalue weighted by Crippen LogP contribution is 2.25. The summed E-state index contributed by atoms with van der Waals surface area (Å²) >= 11 is 0. The van der Waals surface area contributed by atoms with Crippen LogP contribution in [0.2, 0.25) is 0 Å². The summed E-state index contributed by atoms with van der Waals surface area (Å²) in [5, 5.41) is 18.8. The zero-order chi connectivity index (χ0) is 22.0. The molecule has 0 aliphatic carbocycles. The minimum absolute atomic E-state index is 0.114. The third-order valence-electron chi connectivity index (χ3n) is 5.91. The Bertz CT molecular complexity index is 570. The van der Waals surface area contributed by atoms with Crippen molar-refractivity contribution in [3.05, 3.63) is 23.8 Å². The van der Waals surface area contributed by atoms with E-state index in [1.54, 1.807) is 6.07 Å². The summed E-state index contributed by atoms with van der Waals surface area (Å²) in [6.07, 6.45) is 18.5. The Morgan fingerprint density at radius 1 is 0.833 bits per heavy atom. The number of carbonyl (C=O) groups is 1. The predicted octanol–water partition coefficient (Wildman–Crippen LogP) is 7.30. The van der Waals surface area contributed by atoms with Gasteiger partial charge in [-0.2, -0.15) is 0 Å². The standard InChI is InChI=1S/C26H44O4/c1-3-5-6-7-8-9-10-11-12-13-14-15-16-22(4-2)21-30-26(29)20-23-17-18-24(27)25(28)19-23/h17-19,22,27-28H,3-16,20-21H2,1-2H3. The molecule has 0 spiro atoms. The Kier molecular flexibility index (Phi) is 14.9. The molecule has 1 aromatic rings. The molecule has 1 aromatic carbocycles. The summed E-state index contributed by atoms with van der Waals surface area (Å²) in [6.45, 7) is 4.89. The smallest absolute Gasteiger partial charge is 0.310 e. The van der Waals surface area contributed by atoms with E-state index in [4.69, 9.17) is 4.74 Å². The number of carbonyl (C=O) groups excluding carboxylic acids is 1. The molecule has 30 heavy (non-hydrogen) atoms. The third kappa shape index (κ3) is 12.8. The molecule has 0 aliphatic rings. The normalized spacial score (nSPS) is 12.1. The number of phenolic OH excluding ortho intramolecular Hbond substituents is 2. The lowest BCUT2D eigenvalue weighted by Crippen LogP contribution is -2.15. The fraction of sp³-hybridized carbons (Fsp3) is 0.731. The van der Waals surface area contributed by atoms with Gasteiger partial charge in [0.1, 0.15) is 0 Å². The van der Waals surface area contributed by atoms with Crippen LogP contribution in [0.3, 0.4) is 0 Å². The molecule has 0 saturated carbocycles. The molecule has 4 nitrogen and oxygen atoms in total. The molecule has 0 aliphatic heterocycles. The van der Waals surface area contributed by atoms with E-state index in [2.05, 4.69) is 13.8 Å². The van der Waals surface area contributed by atoms with Crippen LogP contribution in [0.1, 0.15) is 109 Å². The van der Waals surface area contributed by atoms with Crippen molar-refractivity contribution in [3.8, 4) is 11.5 Å². The average Bonchev–Trinajstić information content (AvgIpc) is 2.73. The Morgan fingerprint density at radius 3 is 1.93 bits per heavy atom. The fourth-order valence-corrected chi connectivity index (χ4v) is 3.79. The second kappa shape index (κ2) is 17.0. The number of benzene rings is 1. The highest BCUT2D eigenvalue weighted by atomic mass is 16.5. The van der Waals surface area contributed by atoms with Crippen LogP contribution in [0.5, 0.6) is 11.5 Å². The molecule has 0 aromatic heterocycles. The maximum atomic E-state index is 12.0. The lowest BCUT2D eigenvalue weighted by Gasteiger charge is -2.15. The SMILES string of the molecule is CCCCCCCCCCCCCCC(CC)COC(=O)Cc1ccc(O)c(O)c1. The van der Waals surface area contributed by atoms with Crippen molar-refractivity contribution in [3.63, 3.8) is 0 Å². The monoisotopic (exact) mass is 420 g/mol. The van der Waals surface area contributed by atoms with Crippen molar-refractivity contribution in [1.29, 1.82) is 0 Å². The van der Waals surface area contributed by atoms with Crippen LogP contribution in [-0.4, -0.2) is 22.8 Å². The number of esters is 1. The van der Waals surface area contributed by atoms with Gasteiger partial charge in [0, 0.05) is 0 Å². The van der Waals surface area contributed by atoms with Crippen LogP contribution in [0.15, 0.2) is 18.2 Å². The minimum atomic E-state index is -0.284. The van der Waals surface area contributed by atoms with Crippen LogP contribution in [0.25, 0.3) is 0 Å². The number of unbranched alkanes of at least 4 members (excludes halogenated alkanes) is 11. The third-order valence-corrected chi connectivity index (χ3v) is 5.91. The van der Waals surface area contributed by atoms with Crippen LogP contribution in [0, 0.1) is 5.92 Å². The molecule has 0 radical (unpaired) electrons. The van der Waals surface area contributed by atoms with Gasteiger partial charge in [0.15, 0.2) is 11.5 Å². The summed E-state index contributed by atoms with van der Waals surface area (Å²) in [5.74, 6) is -0.252. The van der Waals surface area contributed by atoms with E-state index in [1.165, 1.54) is 89.2 Å². The zero-order valence-electron chi connectivity index (χ0n) is 19.3. The number of rotatable bonds is 18. The predicted molar refractivity (Wildman–Crippen MR) is 124 cm³/mol. The van der Waals surface area contributed by atoms with E-state index >= 15 is 0 Å². The Morgan fingerprint density at radius 2 is 1.40 bits per heavy atom. The summed E-state index contributed by atoms with van der Waals surface area (Å²) < 4.78 is 5.44. The summed E-state index contributed by atoms with van der Waals surface area (Å²) in [7, 11) is 0. The first-order chi connectivity index (χ1) is 14.6. The molecule has 1 rings (SSSR count). The Balaban J connectivity index is 2.03. The van der Waals surface area contributed by atoms with Gasteiger partial charge in [-0.3, -0.25) is 4.79 Å². The Hall–Kier alpha value is -1.71. The molecule has 2 N–H and O–H groups in total. The van der Waals surface area contributed by atoms with Gasteiger partial charge in [-0.05, 0) is 30.0 Å². The maximum absolute atomic E-state index is 12.0. The van der Waals surface area contributed by atoms with Crippen LogP contribution in [-0.2, 0) is 16.0 Å². The molecular weight excluding hydrogens is 376 g/mol. The minimum Gasteiger partial charge on any atom is -0.504 e. The summed E-state index contributed by atoms with van der Waals surface area (Å²) in [4.78, 5) is 12.0. The van der Waals surface area contributed by atoms with Gasteiger partial charge >= 0.3 is 5.97 Å². The quantitative estimate of drug-likeness (QED) is 0.148. The average molecular weight is 421 g/mol. The molecule has 0 heterocycles. The van der Waals surface area contributed by atoms with E-state index in [9.17, 15) is 15.0 Å². The largest absolute Gasteiger partial charge is 0.504 e. The number of phenols is 2. The van der Waals surface area contributed by atoms with Gasteiger partial charge in [-0.25, -0.2) is 0 Å². The van der Waals surface area contributed by atoms with E-state index < -0.39 is 0 Å². The lowest BCUT2D eigenvalue weighted by molar-refractivity contribution is -0.144. The van der Waals surface area contributed by atoms with Crippen molar-refractivity contribution in [2.24, 2.45) is 5.92 Å². The molecule has 0 saturated heterocycles. The van der Waals surface area contributed by atoms with Gasteiger partial charge in [0.25, 0.3) is 0 Å². The lowest BCUT2D eigenvalue weighted by atomic mass is 9.98. The van der Waals surface area contributed by atoms with Gasteiger partial charge in [-0.15, -0.1) is 0 Å². The van der Waals surface area contributed by atoms with Crippen molar-refractivity contribution in [2.45, 2.75) is 110 Å². The van der Waals surface area contributed by atoms with Gasteiger partial charge in [-0.1, -0.05) is 103 Å². The van der Waals surface area contributed by atoms with Crippen LogP contribution < -0.4 is 0 Å². The van der Waals surface area contributed by atoms with Crippen molar-refractivity contribution in [1.82, 2.24) is 0 Å². The van der Waals surface area contributed by atoms with E-state index in [-0.39, 0.29) is 23.9 Å². The highest BCUT2D eigenvalue weighted by Gasteiger charge is 2.12. The number of hydrogen-bond donors (Lipinski definition) is 2.